The first-order chi connectivity index (χ1) is 6.33. The molecule has 0 radical (unpaired) electrons. The van der Waals surface area contributed by atoms with Crippen LogP contribution >= 0.6 is 0 Å². The number of carbonyl (C=O) groups excluding carboxylic acids is 1. The fraction of sp³-hybridized carbons (Fsp3) is 0.571. The Morgan fingerprint density at radius 1 is 1.77 bits per heavy atom. The summed E-state index contributed by atoms with van der Waals surface area (Å²) in [5.41, 5.74) is 0. The molecule has 0 amide bonds. The second-order valence-electron chi connectivity index (χ2n) is 2.34. The lowest BCUT2D eigenvalue weighted by Crippen LogP contribution is -2.11. The van der Waals surface area contributed by atoms with Crippen LogP contribution in [0.3, 0.4) is 0 Å². The SMILES string of the molecule is CCOC(=O)CCNc1cn[nH]n1. The molecular formula is C7H12N4O2. The second kappa shape index (κ2) is 5.13. The molecule has 1 aromatic heterocycles. The first-order valence-corrected chi connectivity index (χ1v) is 4.08. The van der Waals surface area contributed by atoms with Gasteiger partial charge in [0.2, 0.25) is 0 Å². The quantitative estimate of drug-likeness (QED) is 0.637. The number of carbonyl (C=O) groups is 1. The van der Waals surface area contributed by atoms with Crippen molar-refractivity contribution in [2.24, 2.45) is 0 Å². The van der Waals surface area contributed by atoms with Crippen LogP contribution < -0.4 is 5.32 Å². The lowest BCUT2D eigenvalue weighted by Gasteiger charge is -2.01. The van der Waals surface area contributed by atoms with Crippen LogP contribution in [0, 0.1) is 0 Å². The topological polar surface area (TPSA) is 79.9 Å². The number of nitrogens with one attached hydrogen (secondary N) is 2. The van der Waals surface area contributed by atoms with Crippen LogP contribution in [0.15, 0.2) is 6.20 Å². The summed E-state index contributed by atoms with van der Waals surface area (Å²) in [5, 5.41) is 12.7. The van der Waals surface area contributed by atoms with E-state index in [1.165, 1.54) is 0 Å². The first-order valence-electron chi connectivity index (χ1n) is 4.08. The Balaban J connectivity index is 2.11. The van der Waals surface area contributed by atoms with Gasteiger partial charge in [-0.2, -0.15) is 10.3 Å². The molecule has 0 unspecified atom stereocenters. The maximum atomic E-state index is 10.9. The van der Waals surface area contributed by atoms with E-state index in [9.17, 15) is 4.79 Å². The van der Waals surface area contributed by atoms with Crippen molar-refractivity contribution in [1.29, 1.82) is 0 Å². The lowest BCUT2D eigenvalue weighted by atomic mass is 10.4. The van der Waals surface area contributed by atoms with Crippen LogP contribution in [-0.2, 0) is 9.53 Å². The van der Waals surface area contributed by atoms with E-state index in [0.717, 1.165) is 0 Å². The maximum absolute atomic E-state index is 10.9. The molecule has 0 atom stereocenters. The van der Waals surface area contributed by atoms with E-state index in [4.69, 9.17) is 4.74 Å². The smallest absolute Gasteiger partial charge is 0.307 e. The molecular weight excluding hydrogens is 172 g/mol. The lowest BCUT2D eigenvalue weighted by molar-refractivity contribution is -0.142. The molecule has 0 spiro atoms. The zero-order chi connectivity index (χ0) is 9.52. The van der Waals surface area contributed by atoms with Crippen molar-refractivity contribution < 1.29 is 9.53 Å². The molecule has 13 heavy (non-hydrogen) atoms. The molecule has 0 aliphatic carbocycles. The van der Waals surface area contributed by atoms with E-state index >= 15 is 0 Å². The summed E-state index contributed by atoms with van der Waals surface area (Å²) >= 11 is 0. The summed E-state index contributed by atoms with van der Waals surface area (Å²) in [6.45, 7) is 2.71. The summed E-state index contributed by atoms with van der Waals surface area (Å²) in [6, 6.07) is 0. The predicted octanol–water partition coefficient (Wildman–Crippen LogP) is 0.170. The normalized spacial score (nSPS) is 9.62. The van der Waals surface area contributed by atoms with Crippen molar-refractivity contribution in [2.45, 2.75) is 13.3 Å². The Labute approximate surface area is 75.7 Å². The fourth-order valence-corrected chi connectivity index (χ4v) is 0.813. The molecule has 0 bridgehead atoms. The van der Waals surface area contributed by atoms with Crippen molar-refractivity contribution in [3.63, 3.8) is 0 Å². The van der Waals surface area contributed by atoms with Crippen molar-refractivity contribution in [3.05, 3.63) is 6.20 Å². The standard InChI is InChI=1S/C7H12N4O2/c1-2-13-7(12)3-4-8-6-5-9-11-10-6/h5H,2-4H2,1H3,(H2,8,9,10,11). The Morgan fingerprint density at radius 3 is 3.23 bits per heavy atom. The Kier molecular flexibility index (Phi) is 3.74. The van der Waals surface area contributed by atoms with Gasteiger partial charge in [0.05, 0.1) is 19.2 Å². The van der Waals surface area contributed by atoms with Gasteiger partial charge >= 0.3 is 5.97 Å². The van der Waals surface area contributed by atoms with Crippen LogP contribution in [0.1, 0.15) is 13.3 Å². The van der Waals surface area contributed by atoms with Gasteiger partial charge in [0, 0.05) is 6.54 Å². The summed E-state index contributed by atoms with van der Waals surface area (Å²) in [6.07, 6.45) is 1.88. The van der Waals surface area contributed by atoms with E-state index in [-0.39, 0.29) is 5.97 Å². The summed E-state index contributed by atoms with van der Waals surface area (Å²) in [5.74, 6) is 0.419. The van der Waals surface area contributed by atoms with Gasteiger partial charge in [-0.3, -0.25) is 4.79 Å². The molecule has 1 rings (SSSR count). The average molecular weight is 184 g/mol. The highest BCUT2D eigenvalue weighted by Crippen LogP contribution is 1.95. The molecule has 1 heterocycles. The molecule has 6 heteroatoms. The molecule has 1 aromatic rings. The van der Waals surface area contributed by atoms with E-state index in [1.807, 2.05) is 0 Å². The maximum Gasteiger partial charge on any atom is 0.307 e. The van der Waals surface area contributed by atoms with Crippen molar-refractivity contribution in [1.82, 2.24) is 15.4 Å². The number of aromatic nitrogens is 3. The van der Waals surface area contributed by atoms with Crippen LogP contribution in [0.25, 0.3) is 0 Å². The van der Waals surface area contributed by atoms with Crippen LogP contribution in [0.5, 0.6) is 0 Å². The van der Waals surface area contributed by atoms with Crippen LogP contribution in [0.2, 0.25) is 0 Å². The largest absolute Gasteiger partial charge is 0.466 e. The minimum absolute atomic E-state index is 0.210. The van der Waals surface area contributed by atoms with Crippen LogP contribution in [0.4, 0.5) is 5.82 Å². The number of H-pyrrole nitrogens is 1. The third kappa shape index (κ3) is 3.55. The molecule has 0 saturated carbocycles. The minimum Gasteiger partial charge on any atom is -0.466 e. The molecule has 0 aliphatic heterocycles. The second-order valence-corrected chi connectivity index (χ2v) is 2.34. The number of esters is 1. The molecule has 0 aromatic carbocycles. The highest BCUT2D eigenvalue weighted by atomic mass is 16.5. The fourth-order valence-electron chi connectivity index (χ4n) is 0.813. The van der Waals surface area contributed by atoms with Crippen molar-refractivity contribution in [3.8, 4) is 0 Å². The molecule has 0 aliphatic rings. The van der Waals surface area contributed by atoms with Gasteiger partial charge in [0.25, 0.3) is 0 Å². The molecule has 0 saturated heterocycles. The van der Waals surface area contributed by atoms with Gasteiger partial charge in [-0.1, -0.05) is 0 Å². The number of rotatable bonds is 5. The Hall–Kier alpha value is -1.59. The first kappa shape index (κ1) is 9.50. The van der Waals surface area contributed by atoms with Gasteiger partial charge < -0.3 is 10.1 Å². The number of anilines is 1. The average Bonchev–Trinajstić information content (AvgIpc) is 2.57. The third-order valence-corrected chi connectivity index (χ3v) is 1.36. The summed E-state index contributed by atoms with van der Waals surface area (Å²) in [7, 11) is 0. The van der Waals surface area contributed by atoms with Gasteiger partial charge in [0.15, 0.2) is 5.82 Å². The molecule has 72 valence electrons. The number of ether oxygens (including phenoxy) is 1. The zero-order valence-corrected chi connectivity index (χ0v) is 7.41. The third-order valence-electron chi connectivity index (χ3n) is 1.36. The minimum atomic E-state index is -0.210. The van der Waals surface area contributed by atoms with E-state index in [0.29, 0.717) is 25.4 Å². The Bertz CT molecular complexity index is 247. The van der Waals surface area contributed by atoms with Gasteiger partial charge in [-0.05, 0) is 6.92 Å². The molecule has 0 fully saturated rings. The molecule has 6 nitrogen and oxygen atoms in total. The highest BCUT2D eigenvalue weighted by Gasteiger charge is 2.01. The summed E-state index contributed by atoms with van der Waals surface area (Å²) < 4.78 is 4.74. The van der Waals surface area contributed by atoms with Crippen molar-refractivity contribution >= 4 is 11.8 Å². The van der Waals surface area contributed by atoms with Crippen molar-refractivity contribution in [2.75, 3.05) is 18.5 Å². The Morgan fingerprint density at radius 2 is 2.62 bits per heavy atom. The number of nitrogens with zero attached hydrogens (tertiary/aromatic N) is 2. The highest BCUT2D eigenvalue weighted by molar-refractivity contribution is 5.69. The van der Waals surface area contributed by atoms with E-state index < -0.39 is 0 Å². The predicted molar refractivity (Wildman–Crippen MR) is 46.1 cm³/mol. The monoisotopic (exact) mass is 184 g/mol. The number of hydrogen-bond acceptors (Lipinski definition) is 5. The van der Waals surface area contributed by atoms with E-state index in [1.54, 1.807) is 13.1 Å². The van der Waals surface area contributed by atoms with Gasteiger partial charge in [0.1, 0.15) is 0 Å². The number of aromatic amines is 1. The van der Waals surface area contributed by atoms with Gasteiger partial charge in [-0.15, -0.1) is 5.10 Å². The van der Waals surface area contributed by atoms with Gasteiger partial charge in [-0.25, -0.2) is 0 Å². The zero-order valence-electron chi connectivity index (χ0n) is 7.41. The number of hydrogen-bond donors (Lipinski definition) is 2. The van der Waals surface area contributed by atoms with Crippen LogP contribution in [-0.4, -0.2) is 34.5 Å². The summed E-state index contributed by atoms with van der Waals surface area (Å²) in [4.78, 5) is 10.9. The molecule has 2 N–H and O–H groups in total. The van der Waals surface area contributed by atoms with E-state index in [2.05, 4.69) is 20.7 Å².